The number of nitriles is 1. The van der Waals surface area contributed by atoms with E-state index in [-0.39, 0.29) is 6.03 Å². The molecule has 0 saturated carbocycles. The van der Waals surface area contributed by atoms with Crippen molar-refractivity contribution in [1.29, 1.82) is 5.26 Å². The largest absolute Gasteiger partial charge is 0.377 e. The second kappa shape index (κ2) is 7.91. The summed E-state index contributed by atoms with van der Waals surface area (Å²) in [6.07, 6.45) is 3.43. The maximum absolute atomic E-state index is 12.7. The van der Waals surface area contributed by atoms with Gasteiger partial charge in [0.25, 0.3) is 0 Å². The molecule has 2 heterocycles. The average Bonchev–Trinajstić information content (AvgIpc) is 2.68. The summed E-state index contributed by atoms with van der Waals surface area (Å²) in [5.41, 5.74) is 2.95. The second-order valence-electron chi connectivity index (χ2n) is 6.64. The molecular formula is C19H23N7O. The smallest absolute Gasteiger partial charge is 0.322 e. The molecule has 8 nitrogen and oxygen atoms in total. The predicted octanol–water partition coefficient (Wildman–Crippen LogP) is 2.08. The number of nitrogens with zero attached hydrogens (tertiary/aromatic N) is 6. The molecule has 1 saturated heterocycles. The molecule has 2 aromatic rings. The van der Waals surface area contributed by atoms with Gasteiger partial charge in [-0.25, -0.2) is 14.8 Å². The molecule has 1 aliphatic rings. The highest BCUT2D eigenvalue weighted by Crippen LogP contribution is 2.26. The van der Waals surface area contributed by atoms with Gasteiger partial charge in [-0.05, 0) is 30.7 Å². The van der Waals surface area contributed by atoms with Gasteiger partial charge in [0.05, 0.1) is 11.3 Å². The molecule has 140 valence electrons. The van der Waals surface area contributed by atoms with E-state index in [1.54, 1.807) is 29.4 Å². The maximum Gasteiger partial charge on any atom is 0.322 e. The molecular weight excluding hydrogens is 342 g/mol. The minimum Gasteiger partial charge on any atom is -0.377 e. The van der Waals surface area contributed by atoms with Gasteiger partial charge in [-0.3, -0.25) is 0 Å². The molecule has 1 aliphatic heterocycles. The van der Waals surface area contributed by atoms with Crippen molar-refractivity contribution < 1.29 is 4.79 Å². The van der Waals surface area contributed by atoms with Crippen molar-refractivity contribution in [3.63, 3.8) is 0 Å². The summed E-state index contributed by atoms with van der Waals surface area (Å²) in [4.78, 5) is 26.9. The summed E-state index contributed by atoms with van der Waals surface area (Å²) in [5.74, 6) is 0.680. The van der Waals surface area contributed by atoms with Crippen LogP contribution in [-0.2, 0) is 0 Å². The fourth-order valence-corrected chi connectivity index (χ4v) is 3.13. The molecule has 27 heavy (non-hydrogen) atoms. The van der Waals surface area contributed by atoms with Gasteiger partial charge < -0.3 is 20.0 Å². The lowest BCUT2D eigenvalue weighted by atomic mass is 10.1. The van der Waals surface area contributed by atoms with Crippen LogP contribution in [0.3, 0.4) is 0 Å². The summed E-state index contributed by atoms with van der Waals surface area (Å²) in [5, 5.41) is 12.3. The van der Waals surface area contributed by atoms with Crippen LogP contribution in [0.25, 0.3) is 0 Å². The topological polar surface area (TPSA) is 88.4 Å². The molecule has 1 N–H and O–H groups in total. The van der Waals surface area contributed by atoms with Crippen LogP contribution in [0.2, 0.25) is 0 Å². The van der Waals surface area contributed by atoms with Gasteiger partial charge in [0.15, 0.2) is 0 Å². The first-order chi connectivity index (χ1) is 13.0. The summed E-state index contributed by atoms with van der Waals surface area (Å²) in [6, 6.07) is 7.40. The summed E-state index contributed by atoms with van der Waals surface area (Å²) in [7, 11) is 3.86. The molecule has 0 aliphatic carbocycles. The van der Waals surface area contributed by atoms with Crippen molar-refractivity contribution in [2.75, 3.05) is 55.4 Å². The van der Waals surface area contributed by atoms with Gasteiger partial charge >= 0.3 is 6.03 Å². The van der Waals surface area contributed by atoms with Crippen molar-refractivity contribution in [3.8, 4) is 6.07 Å². The minimum atomic E-state index is -0.197. The molecule has 0 radical (unpaired) electrons. The van der Waals surface area contributed by atoms with Gasteiger partial charge in [0.1, 0.15) is 6.07 Å². The third kappa shape index (κ3) is 4.08. The number of amides is 2. The molecule has 1 fully saturated rings. The molecule has 0 atom stereocenters. The van der Waals surface area contributed by atoms with Crippen molar-refractivity contribution in [1.82, 2.24) is 14.9 Å². The van der Waals surface area contributed by atoms with Crippen LogP contribution >= 0.6 is 0 Å². The van der Waals surface area contributed by atoms with E-state index in [1.807, 2.05) is 32.0 Å². The van der Waals surface area contributed by atoms with E-state index in [0.717, 1.165) is 11.3 Å². The third-order valence-electron chi connectivity index (χ3n) is 4.58. The maximum atomic E-state index is 12.7. The Labute approximate surface area is 159 Å². The first-order valence-electron chi connectivity index (χ1n) is 8.79. The molecule has 0 spiro atoms. The summed E-state index contributed by atoms with van der Waals surface area (Å²) in [6.45, 7) is 4.44. The zero-order chi connectivity index (χ0) is 19.4. The number of carbonyl (C=O) groups is 1. The molecule has 2 amide bonds. The van der Waals surface area contributed by atoms with Gasteiger partial charge in [0.2, 0.25) is 5.95 Å². The molecule has 8 heteroatoms. The van der Waals surface area contributed by atoms with E-state index in [1.165, 1.54) is 0 Å². The number of carbonyl (C=O) groups excluding carboxylic acids is 1. The lowest BCUT2D eigenvalue weighted by molar-refractivity contribution is 0.208. The Morgan fingerprint density at radius 3 is 2.44 bits per heavy atom. The van der Waals surface area contributed by atoms with E-state index in [2.05, 4.69) is 26.3 Å². The third-order valence-corrected chi connectivity index (χ3v) is 4.58. The molecule has 1 aromatic heterocycles. The highest BCUT2D eigenvalue weighted by Gasteiger charge is 2.23. The lowest BCUT2D eigenvalue weighted by Crippen LogP contribution is -2.50. The van der Waals surface area contributed by atoms with E-state index >= 15 is 0 Å². The monoisotopic (exact) mass is 365 g/mol. The first kappa shape index (κ1) is 18.5. The van der Waals surface area contributed by atoms with E-state index in [0.29, 0.717) is 43.4 Å². The van der Waals surface area contributed by atoms with Crippen LogP contribution in [-0.4, -0.2) is 61.2 Å². The zero-order valence-electron chi connectivity index (χ0n) is 15.8. The highest BCUT2D eigenvalue weighted by molar-refractivity contribution is 5.91. The van der Waals surface area contributed by atoms with Crippen molar-refractivity contribution in [3.05, 3.63) is 41.7 Å². The number of anilines is 3. The fraction of sp³-hybridized carbons (Fsp3) is 0.368. The van der Waals surface area contributed by atoms with E-state index < -0.39 is 0 Å². The first-order valence-corrected chi connectivity index (χ1v) is 8.79. The highest BCUT2D eigenvalue weighted by atomic mass is 16.2. The standard InChI is InChI=1S/C19H23N7O/c1-14-11-16(15(13-20)12-17(14)24(2)3)23-19(27)26-9-7-25(8-10-26)18-21-5-4-6-22-18/h4-6,11-12H,7-10H2,1-3H3,(H,23,27). The number of hydrogen-bond donors (Lipinski definition) is 1. The van der Waals surface area contributed by atoms with Crippen molar-refractivity contribution in [2.45, 2.75) is 6.92 Å². The van der Waals surface area contributed by atoms with Crippen molar-refractivity contribution >= 4 is 23.4 Å². The number of rotatable bonds is 3. The van der Waals surface area contributed by atoms with Crippen LogP contribution in [0.1, 0.15) is 11.1 Å². The Balaban J connectivity index is 1.66. The molecule has 3 rings (SSSR count). The van der Waals surface area contributed by atoms with Crippen molar-refractivity contribution in [2.24, 2.45) is 0 Å². The SMILES string of the molecule is Cc1cc(NC(=O)N2CCN(c3ncccn3)CC2)c(C#N)cc1N(C)C. The molecule has 1 aromatic carbocycles. The molecule has 0 unspecified atom stereocenters. The number of aromatic nitrogens is 2. The number of aryl methyl sites for hydroxylation is 1. The van der Waals surface area contributed by atoms with Gasteiger partial charge in [-0.15, -0.1) is 0 Å². The van der Waals surface area contributed by atoms with Gasteiger partial charge in [-0.2, -0.15) is 5.26 Å². The van der Waals surface area contributed by atoms with Crippen LogP contribution < -0.4 is 15.1 Å². The summed E-state index contributed by atoms with van der Waals surface area (Å²) < 4.78 is 0. The number of urea groups is 1. The van der Waals surface area contributed by atoms with E-state index in [4.69, 9.17) is 0 Å². The zero-order valence-corrected chi connectivity index (χ0v) is 15.8. The number of nitrogens with one attached hydrogen (secondary N) is 1. The van der Waals surface area contributed by atoms with Crippen LogP contribution in [0.5, 0.6) is 0 Å². The minimum absolute atomic E-state index is 0.197. The van der Waals surface area contributed by atoms with Crippen LogP contribution in [0.15, 0.2) is 30.6 Å². The van der Waals surface area contributed by atoms with Gasteiger partial charge in [0, 0.05) is 58.4 Å². The molecule has 0 bridgehead atoms. The van der Waals surface area contributed by atoms with Crippen LogP contribution in [0.4, 0.5) is 22.1 Å². The quantitative estimate of drug-likeness (QED) is 0.896. The Kier molecular flexibility index (Phi) is 5.41. The Bertz CT molecular complexity index is 852. The number of hydrogen-bond acceptors (Lipinski definition) is 6. The average molecular weight is 365 g/mol. The predicted molar refractivity (Wildman–Crippen MR) is 105 cm³/mol. The Hall–Kier alpha value is -3.34. The Morgan fingerprint density at radius 1 is 1.19 bits per heavy atom. The summed E-state index contributed by atoms with van der Waals surface area (Å²) >= 11 is 0. The van der Waals surface area contributed by atoms with Gasteiger partial charge in [-0.1, -0.05) is 0 Å². The van der Waals surface area contributed by atoms with Crippen LogP contribution in [0, 0.1) is 18.3 Å². The fourth-order valence-electron chi connectivity index (χ4n) is 3.13. The normalized spacial score (nSPS) is 13.9. The Morgan fingerprint density at radius 2 is 1.85 bits per heavy atom. The van der Waals surface area contributed by atoms with E-state index in [9.17, 15) is 10.1 Å². The lowest BCUT2D eigenvalue weighted by Gasteiger charge is -2.34. The number of benzene rings is 1. The number of piperazine rings is 1. The second-order valence-corrected chi connectivity index (χ2v) is 6.64.